The Labute approximate surface area is 182 Å². The van der Waals surface area contributed by atoms with Gasteiger partial charge in [-0.1, -0.05) is 18.2 Å². The number of hydrogen-bond acceptors (Lipinski definition) is 6. The number of piperazine rings is 1. The number of alkyl halides is 3. The van der Waals surface area contributed by atoms with Gasteiger partial charge >= 0.3 is 12.0 Å². The Kier molecular flexibility index (Phi) is 9.16. The second-order valence-electron chi connectivity index (χ2n) is 6.31. The van der Waals surface area contributed by atoms with Gasteiger partial charge in [-0.15, -0.1) is 38.0 Å². The maximum Gasteiger partial charge on any atom is 0.573 e. The Morgan fingerprint density at radius 2 is 1.63 bits per heavy atom. The summed E-state index contributed by atoms with van der Waals surface area (Å²) in [5, 5.41) is 24.1. The van der Waals surface area contributed by atoms with E-state index in [1.54, 1.807) is 6.07 Å². The Morgan fingerprint density at radius 3 is 2.17 bits per heavy atom. The number of nitrogens with zero attached hydrogens (tertiary/aromatic N) is 2. The molecule has 1 aliphatic rings. The number of nitrogens with one attached hydrogen (secondary N) is 1. The predicted octanol–water partition coefficient (Wildman–Crippen LogP) is 4.04. The highest BCUT2D eigenvalue weighted by Gasteiger charge is 2.31. The van der Waals surface area contributed by atoms with Crippen molar-refractivity contribution >= 4 is 30.5 Å². The minimum atomic E-state index is -4.78. The normalized spacial score (nSPS) is 15.4. The Bertz CT molecular complexity index is 848. The standard InChI is InChI=1S/C18H18F3N3O4.2ClH/c19-18(20,21)28-14-4-1-12(2-5-14)17(23-9-7-22-8-10-23)13-3-6-16(25)15(11-13)24(26)27;;/h1-6,11,17,22,25H,7-10H2;2*1H/t17-;;/m0../s1. The van der Waals surface area contributed by atoms with Crippen molar-refractivity contribution in [3.8, 4) is 11.5 Å². The summed E-state index contributed by atoms with van der Waals surface area (Å²) in [6.45, 7) is 2.73. The van der Waals surface area contributed by atoms with Crippen LogP contribution >= 0.6 is 24.8 Å². The lowest BCUT2D eigenvalue weighted by Crippen LogP contribution is -2.45. The van der Waals surface area contributed by atoms with E-state index in [2.05, 4.69) is 15.0 Å². The number of aromatic hydroxyl groups is 1. The third-order valence-corrected chi connectivity index (χ3v) is 4.46. The molecule has 0 amide bonds. The summed E-state index contributed by atoms with van der Waals surface area (Å²) in [4.78, 5) is 12.6. The fraction of sp³-hybridized carbons (Fsp3) is 0.333. The van der Waals surface area contributed by atoms with Crippen LogP contribution in [0.5, 0.6) is 11.5 Å². The van der Waals surface area contributed by atoms with Gasteiger partial charge < -0.3 is 15.2 Å². The van der Waals surface area contributed by atoms with Gasteiger partial charge in [-0.2, -0.15) is 0 Å². The summed E-state index contributed by atoms with van der Waals surface area (Å²) < 4.78 is 41.1. The first-order chi connectivity index (χ1) is 13.2. The molecule has 0 saturated carbocycles. The lowest BCUT2D eigenvalue weighted by Gasteiger charge is -2.35. The summed E-state index contributed by atoms with van der Waals surface area (Å²) in [5.74, 6) is -0.784. The zero-order valence-corrected chi connectivity index (χ0v) is 17.1. The molecule has 7 nitrogen and oxygen atoms in total. The molecular weight excluding hydrogens is 450 g/mol. The molecular formula is C18H20Cl2F3N3O4. The fourth-order valence-corrected chi connectivity index (χ4v) is 3.26. The SMILES string of the molecule is Cl.Cl.O=[N+]([O-])c1cc([C@H](c2ccc(OC(F)(F)F)cc2)N2CCNCC2)ccc1O. The van der Waals surface area contributed by atoms with Gasteiger partial charge in [0.1, 0.15) is 5.75 Å². The lowest BCUT2D eigenvalue weighted by molar-refractivity contribution is -0.385. The number of nitro benzene ring substituents is 1. The second kappa shape index (κ2) is 10.7. The van der Waals surface area contributed by atoms with E-state index in [-0.39, 0.29) is 30.6 Å². The summed E-state index contributed by atoms with van der Waals surface area (Å²) in [6.07, 6.45) is -4.78. The van der Waals surface area contributed by atoms with E-state index in [9.17, 15) is 28.4 Å². The molecule has 1 saturated heterocycles. The van der Waals surface area contributed by atoms with Crippen LogP contribution < -0.4 is 10.1 Å². The highest BCUT2D eigenvalue weighted by atomic mass is 35.5. The van der Waals surface area contributed by atoms with E-state index >= 15 is 0 Å². The van der Waals surface area contributed by atoms with Gasteiger partial charge in [0.15, 0.2) is 5.75 Å². The van der Waals surface area contributed by atoms with Crippen molar-refractivity contribution in [2.24, 2.45) is 0 Å². The van der Waals surface area contributed by atoms with Crippen molar-refractivity contribution in [2.75, 3.05) is 26.2 Å². The summed E-state index contributed by atoms with van der Waals surface area (Å²) in [6, 6.07) is 9.15. The number of hydrogen-bond donors (Lipinski definition) is 2. The number of benzene rings is 2. The lowest BCUT2D eigenvalue weighted by atomic mass is 9.95. The molecule has 0 spiro atoms. The van der Waals surface area contributed by atoms with Gasteiger partial charge in [-0.3, -0.25) is 15.0 Å². The number of phenols is 1. The molecule has 0 radical (unpaired) electrons. The summed E-state index contributed by atoms with van der Waals surface area (Å²) >= 11 is 0. The molecule has 1 atom stereocenters. The monoisotopic (exact) mass is 469 g/mol. The van der Waals surface area contributed by atoms with E-state index in [0.717, 1.165) is 0 Å². The Balaban J connectivity index is 0.00000225. The first-order valence-corrected chi connectivity index (χ1v) is 8.52. The highest BCUT2D eigenvalue weighted by Crippen LogP contribution is 2.35. The minimum Gasteiger partial charge on any atom is -0.502 e. The van der Waals surface area contributed by atoms with E-state index in [4.69, 9.17) is 0 Å². The van der Waals surface area contributed by atoms with Gasteiger partial charge in [0.2, 0.25) is 0 Å². The van der Waals surface area contributed by atoms with Gasteiger partial charge in [-0.25, -0.2) is 0 Å². The third kappa shape index (κ3) is 6.36. The largest absolute Gasteiger partial charge is 0.573 e. The topological polar surface area (TPSA) is 87.9 Å². The average molecular weight is 470 g/mol. The number of ether oxygens (including phenoxy) is 1. The summed E-state index contributed by atoms with van der Waals surface area (Å²) in [7, 11) is 0. The van der Waals surface area contributed by atoms with Crippen LogP contribution in [0.4, 0.5) is 18.9 Å². The van der Waals surface area contributed by atoms with Crippen LogP contribution in [0.3, 0.4) is 0 Å². The van der Waals surface area contributed by atoms with E-state index in [1.807, 2.05) is 0 Å². The van der Waals surface area contributed by atoms with E-state index in [1.165, 1.54) is 36.4 Å². The average Bonchev–Trinajstić information content (AvgIpc) is 2.64. The minimum absolute atomic E-state index is 0. The number of rotatable bonds is 5. The molecule has 2 aromatic rings. The zero-order valence-electron chi connectivity index (χ0n) is 15.5. The smallest absolute Gasteiger partial charge is 0.502 e. The highest BCUT2D eigenvalue weighted by molar-refractivity contribution is 5.85. The molecule has 30 heavy (non-hydrogen) atoms. The zero-order chi connectivity index (χ0) is 20.3. The van der Waals surface area contributed by atoms with Crippen molar-refractivity contribution in [1.82, 2.24) is 10.2 Å². The maximum atomic E-state index is 12.4. The van der Waals surface area contributed by atoms with Crippen LogP contribution in [0, 0.1) is 10.1 Å². The Morgan fingerprint density at radius 1 is 1.07 bits per heavy atom. The molecule has 166 valence electrons. The van der Waals surface area contributed by atoms with Crippen LogP contribution in [0.25, 0.3) is 0 Å². The molecule has 2 aromatic carbocycles. The molecule has 0 bridgehead atoms. The first-order valence-electron chi connectivity index (χ1n) is 8.52. The van der Waals surface area contributed by atoms with Crippen molar-refractivity contribution in [2.45, 2.75) is 12.4 Å². The quantitative estimate of drug-likeness (QED) is 0.507. The van der Waals surface area contributed by atoms with Gasteiger partial charge in [0, 0.05) is 32.2 Å². The third-order valence-electron chi connectivity index (χ3n) is 4.46. The van der Waals surface area contributed by atoms with Gasteiger partial charge in [-0.05, 0) is 29.3 Å². The van der Waals surface area contributed by atoms with Crippen LogP contribution in [0.15, 0.2) is 42.5 Å². The van der Waals surface area contributed by atoms with Crippen LogP contribution in [0.2, 0.25) is 0 Å². The molecule has 0 aliphatic carbocycles. The van der Waals surface area contributed by atoms with Crippen molar-refractivity contribution in [3.63, 3.8) is 0 Å². The molecule has 0 unspecified atom stereocenters. The molecule has 2 N–H and O–H groups in total. The molecule has 1 fully saturated rings. The molecule has 1 heterocycles. The van der Waals surface area contributed by atoms with Crippen LogP contribution in [-0.2, 0) is 0 Å². The molecule has 12 heteroatoms. The van der Waals surface area contributed by atoms with Crippen LogP contribution in [-0.4, -0.2) is 47.5 Å². The van der Waals surface area contributed by atoms with Gasteiger partial charge in [0.25, 0.3) is 0 Å². The number of nitro groups is 1. The maximum absolute atomic E-state index is 12.4. The van der Waals surface area contributed by atoms with Crippen molar-refractivity contribution in [3.05, 3.63) is 63.7 Å². The van der Waals surface area contributed by atoms with E-state index < -0.39 is 28.8 Å². The first kappa shape index (κ1) is 25.8. The van der Waals surface area contributed by atoms with Crippen LogP contribution in [0.1, 0.15) is 17.2 Å². The van der Waals surface area contributed by atoms with E-state index in [0.29, 0.717) is 37.3 Å². The fourth-order valence-electron chi connectivity index (χ4n) is 3.26. The summed E-state index contributed by atoms with van der Waals surface area (Å²) in [5.41, 5.74) is 0.807. The molecule has 0 aromatic heterocycles. The number of halogens is 5. The van der Waals surface area contributed by atoms with Gasteiger partial charge in [0.05, 0.1) is 11.0 Å². The predicted molar refractivity (Wildman–Crippen MR) is 109 cm³/mol. The van der Waals surface area contributed by atoms with Crippen molar-refractivity contribution < 1.29 is 27.9 Å². The number of phenolic OH excluding ortho intramolecular Hbond substituents is 1. The Hall–Kier alpha value is -2.27. The molecule has 3 rings (SSSR count). The molecule has 1 aliphatic heterocycles. The second-order valence-corrected chi connectivity index (χ2v) is 6.31. The van der Waals surface area contributed by atoms with Crippen molar-refractivity contribution in [1.29, 1.82) is 0 Å².